The Morgan fingerprint density at radius 2 is 2.19 bits per heavy atom. The number of hydrogen-bond donors (Lipinski definition) is 2. The minimum atomic E-state index is -0.272. The standard InChI is InChI=1S/C16H21FN4/c17-13-2-1-7-21-10-12(20-15(13)21)9-19-11-3-5-16(6-4-11)8-14(16)18/h1-2,7,10-11,14,19H,3-6,8-9,18H2. The number of nitrogens with two attached hydrogens (primary N) is 1. The first kappa shape index (κ1) is 13.2. The highest BCUT2D eigenvalue weighted by Gasteiger charge is 2.52. The zero-order valence-electron chi connectivity index (χ0n) is 12.1. The van der Waals surface area contributed by atoms with Gasteiger partial charge in [-0.1, -0.05) is 0 Å². The predicted molar refractivity (Wildman–Crippen MR) is 79.3 cm³/mol. The molecule has 3 N–H and O–H groups in total. The molecule has 2 aromatic heterocycles. The number of nitrogens with zero attached hydrogens (tertiary/aromatic N) is 2. The molecule has 2 heterocycles. The summed E-state index contributed by atoms with van der Waals surface area (Å²) in [5.41, 5.74) is 7.80. The Kier molecular flexibility index (Phi) is 3.01. The minimum absolute atomic E-state index is 0.272. The molecule has 5 heteroatoms. The summed E-state index contributed by atoms with van der Waals surface area (Å²) < 4.78 is 15.3. The molecule has 0 bridgehead atoms. The van der Waals surface area contributed by atoms with Crippen molar-refractivity contribution < 1.29 is 4.39 Å². The van der Waals surface area contributed by atoms with Gasteiger partial charge in [-0.25, -0.2) is 9.37 Å². The van der Waals surface area contributed by atoms with Gasteiger partial charge in [0.05, 0.1) is 5.69 Å². The second-order valence-corrected chi connectivity index (χ2v) is 6.65. The number of hydrogen-bond acceptors (Lipinski definition) is 3. The molecule has 4 rings (SSSR count). The first-order valence-electron chi connectivity index (χ1n) is 7.77. The average Bonchev–Trinajstić information content (AvgIpc) is 2.93. The molecule has 2 aliphatic carbocycles. The third-order valence-electron chi connectivity index (χ3n) is 5.29. The van der Waals surface area contributed by atoms with Crippen molar-refractivity contribution in [3.8, 4) is 0 Å². The average molecular weight is 288 g/mol. The third-order valence-corrected chi connectivity index (χ3v) is 5.29. The lowest BCUT2D eigenvalue weighted by Crippen LogP contribution is -2.34. The van der Waals surface area contributed by atoms with Crippen molar-refractivity contribution in [1.29, 1.82) is 0 Å². The monoisotopic (exact) mass is 288 g/mol. The number of pyridine rings is 1. The van der Waals surface area contributed by atoms with Crippen LogP contribution in [0.3, 0.4) is 0 Å². The Labute approximate surface area is 123 Å². The van der Waals surface area contributed by atoms with E-state index in [1.165, 1.54) is 38.2 Å². The molecule has 21 heavy (non-hydrogen) atoms. The lowest BCUT2D eigenvalue weighted by atomic mass is 9.83. The summed E-state index contributed by atoms with van der Waals surface area (Å²) in [6, 6.07) is 4.12. The van der Waals surface area contributed by atoms with Crippen LogP contribution in [0.5, 0.6) is 0 Å². The smallest absolute Gasteiger partial charge is 0.173 e. The molecular formula is C16H21FN4. The van der Waals surface area contributed by atoms with Crippen LogP contribution in [0.4, 0.5) is 4.39 Å². The quantitative estimate of drug-likeness (QED) is 0.910. The maximum Gasteiger partial charge on any atom is 0.173 e. The predicted octanol–water partition coefficient (Wildman–Crippen LogP) is 2.22. The molecule has 4 nitrogen and oxygen atoms in total. The number of aromatic nitrogens is 2. The molecule has 112 valence electrons. The lowest BCUT2D eigenvalue weighted by molar-refractivity contribution is 0.266. The molecule has 0 aliphatic heterocycles. The zero-order valence-corrected chi connectivity index (χ0v) is 12.1. The fraction of sp³-hybridized carbons (Fsp3) is 0.562. The van der Waals surface area contributed by atoms with E-state index in [4.69, 9.17) is 5.73 Å². The van der Waals surface area contributed by atoms with Gasteiger partial charge in [0, 0.05) is 31.0 Å². The van der Waals surface area contributed by atoms with Gasteiger partial charge in [0.25, 0.3) is 0 Å². The van der Waals surface area contributed by atoms with Gasteiger partial charge in [0.15, 0.2) is 11.5 Å². The number of nitrogens with one attached hydrogen (secondary N) is 1. The van der Waals surface area contributed by atoms with E-state index in [9.17, 15) is 4.39 Å². The van der Waals surface area contributed by atoms with Crippen molar-refractivity contribution in [3.05, 3.63) is 36.0 Å². The summed E-state index contributed by atoms with van der Waals surface area (Å²) in [6.07, 6.45) is 9.80. The molecule has 2 aromatic rings. The maximum atomic E-state index is 13.6. The van der Waals surface area contributed by atoms with Crippen LogP contribution in [0.1, 0.15) is 37.8 Å². The third kappa shape index (κ3) is 2.34. The highest BCUT2D eigenvalue weighted by molar-refractivity contribution is 5.41. The van der Waals surface area contributed by atoms with Gasteiger partial charge in [-0.15, -0.1) is 0 Å². The van der Waals surface area contributed by atoms with Crippen LogP contribution in [-0.2, 0) is 6.54 Å². The summed E-state index contributed by atoms with van der Waals surface area (Å²) >= 11 is 0. The van der Waals surface area contributed by atoms with Crippen LogP contribution in [-0.4, -0.2) is 21.5 Å². The van der Waals surface area contributed by atoms with Crippen molar-refractivity contribution in [2.24, 2.45) is 11.1 Å². The number of rotatable bonds is 3. The fourth-order valence-electron chi connectivity index (χ4n) is 3.71. The van der Waals surface area contributed by atoms with Crippen LogP contribution < -0.4 is 11.1 Å². The van der Waals surface area contributed by atoms with E-state index >= 15 is 0 Å². The van der Waals surface area contributed by atoms with E-state index in [1.54, 1.807) is 10.5 Å². The second-order valence-electron chi connectivity index (χ2n) is 6.65. The van der Waals surface area contributed by atoms with E-state index in [0.717, 1.165) is 5.69 Å². The van der Waals surface area contributed by atoms with Gasteiger partial charge < -0.3 is 15.5 Å². The van der Waals surface area contributed by atoms with E-state index in [1.807, 2.05) is 12.4 Å². The van der Waals surface area contributed by atoms with E-state index in [2.05, 4.69) is 10.3 Å². The van der Waals surface area contributed by atoms with Crippen LogP contribution >= 0.6 is 0 Å². The Hall–Kier alpha value is -1.46. The molecule has 1 atom stereocenters. The number of imidazole rings is 1. The van der Waals surface area contributed by atoms with Crippen LogP contribution in [0, 0.1) is 11.2 Å². The molecule has 2 saturated carbocycles. The van der Waals surface area contributed by atoms with Gasteiger partial charge in [-0.2, -0.15) is 0 Å². The molecule has 0 aromatic carbocycles. The highest BCUT2D eigenvalue weighted by Crippen LogP contribution is 2.54. The summed E-state index contributed by atoms with van der Waals surface area (Å²) in [7, 11) is 0. The maximum absolute atomic E-state index is 13.6. The summed E-state index contributed by atoms with van der Waals surface area (Å²) in [5.74, 6) is -0.272. The summed E-state index contributed by atoms with van der Waals surface area (Å²) in [4.78, 5) is 4.36. The van der Waals surface area contributed by atoms with Crippen molar-refractivity contribution in [2.75, 3.05) is 0 Å². The van der Waals surface area contributed by atoms with E-state index < -0.39 is 0 Å². The molecule has 0 amide bonds. The van der Waals surface area contributed by atoms with Crippen molar-refractivity contribution in [1.82, 2.24) is 14.7 Å². The fourth-order valence-corrected chi connectivity index (χ4v) is 3.71. The lowest BCUT2D eigenvalue weighted by Gasteiger charge is -2.29. The van der Waals surface area contributed by atoms with Crippen molar-refractivity contribution in [3.63, 3.8) is 0 Å². The van der Waals surface area contributed by atoms with Gasteiger partial charge in [-0.05, 0) is 49.7 Å². The van der Waals surface area contributed by atoms with E-state index in [-0.39, 0.29) is 5.82 Å². The molecule has 0 saturated heterocycles. The second kappa shape index (κ2) is 4.78. The molecule has 1 unspecified atom stereocenters. The minimum Gasteiger partial charge on any atom is -0.327 e. The zero-order chi connectivity index (χ0) is 14.4. The first-order chi connectivity index (χ1) is 10.2. The molecular weight excluding hydrogens is 267 g/mol. The molecule has 1 spiro atoms. The van der Waals surface area contributed by atoms with Gasteiger partial charge in [0.2, 0.25) is 0 Å². The van der Waals surface area contributed by atoms with Crippen LogP contribution in [0.15, 0.2) is 24.5 Å². The van der Waals surface area contributed by atoms with Gasteiger partial charge >= 0.3 is 0 Å². The Balaban J connectivity index is 1.37. The summed E-state index contributed by atoms with van der Waals surface area (Å²) in [5, 5.41) is 3.56. The molecule has 2 fully saturated rings. The van der Waals surface area contributed by atoms with Gasteiger partial charge in [-0.3, -0.25) is 0 Å². The summed E-state index contributed by atoms with van der Waals surface area (Å²) in [6.45, 7) is 0.699. The Bertz CT molecular complexity index is 657. The Morgan fingerprint density at radius 3 is 2.86 bits per heavy atom. The largest absolute Gasteiger partial charge is 0.327 e. The number of halogens is 1. The van der Waals surface area contributed by atoms with Crippen molar-refractivity contribution in [2.45, 2.75) is 50.7 Å². The van der Waals surface area contributed by atoms with Crippen molar-refractivity contribution >= 4 is 5.65 Å². The molecule has 0 radical (unpaired) electrons. The van der Waals surface area contributed by atoms with Crippen LogP contribution in [0.25, 0.3) is 5.65 Å². The first-order valence-corrected chi connectivity index (χ1v) is 7.77. The normalized spacial score (nSPS) is 31.9. The highest BCUT2D eigenvalue weighted by atomic mass is 19.1. The Morgan fingerprint density at radius 1 is 1.43 bits per heavy atom. The molecule has 2 aliphatic rings. The SMILES string of the molecule is NC1CC12CCC(NCc1cn3cccc(F)c3n1)CC2. The van der Waals surface area contributed by atoms with Gasteiger partial charge in [0.1, 0.15) is 0 Å². The van der Waals surface area contributed by atoms with E-state index in [0.29, 0.717) is 29.7 Å². The topological polar surface area (TPSA) is 55.3 Å². The van der Waals surface area contributed by atoms with Crippen LogP contribution in [0.2, 0.25) is 0 Å². The number of fused-ring (bicyclic) bond motifs is 1.